The first-order valence-electron chi connectivity index (χ1n) is 4.67. The summed E-state index contributed by atoms with van der Waals surface area (Å²) in [6.07, 6.45) is -0.173. The predicted octanol–water partition coefficient (Wildman–Crippen LogP) is 1.57. The van der Waals surface area contributed by atoms with Crippen molar-refractivity contribution in [1.82, 2.24) is 4.98 Å². The summed E-state index contributed by atoms with van der Waals surface area (Å²) in [5.41, 5.74) is 0.593. The summed E-state index contributed by atoms with van der Waals surface area (Å²) >= 11 is 1.12. The first-order chi connectivity index (χ1) is 7.40. The molecule has 1 aromatic heterocycles. The molecule has 1 heterocycles. The fourth-order valence-corrected chi connectivity index (χ4v) is 2.04. The number of aromatic nitrogens is 1. The van der Waals surface area contributed by atoms with Crippen LogP contribution in [0, 0.1) is 6.92 Å². The molecule has 0 aliphatic carbocycles. The molecule has 0 spiro atoms. The number of ketones is 2. The molecular formula is C10H12N2O3S. The van der Waals surface area contributed by atoms with Gasteiger partial charge in [0.2, 0.25) is 5.91 Å². The van der Waals surface area contributed by atoms with Crippen LogP contribution < -0.4 is 5.32 Å². The fourth-order valence-electron chi connectivity index (χ4n) is 1.17. The molecule has 0 atom stereocenters. The van der Waals surface area contributed by atoms with E-state index in [1.165, 1.54) is 13.8 Å². The van der Waals surface area contributed by atoms with E-state index >= 15 is 0 Å². The molecule has 0 fully saturated rings. The van der Waals surface area contributed by atoms with Crippen LogP contribution in [0.3, 0.4) is 0 Å². The number of anilines is 1. The van der Waals surface area contributed by atoms with Gasteiger partial charge in [-0.2, -0.15) is 0 Å². The Hall–Kier alpha value is -1.56. The molecular weight excluding hydrogens is 228 g/mol. The number of carbonyl (C=O) groups is 3. The number of hydrogen-bond donors (Lipinski definition) is 1. The van der Waals surface area contributed by atoms with Crippen LogP contribution >= 0.6 is 11.3 Å². The zero-order valence-corrected chi connectivity index (χ0v) is 10.1. The average molecular weight is 240 g/mol. The van der Waals surface area contributed by atoms with Crippen LogP contribution in [-0.4, -0.2) is 22.5 Å². The van der Waals surface area contributed by atoms with Gasteiger partial charge < -0.3 is 5.32 Å². The van der Waals surface area contributed by atoms with Gasteiger partial charge in [0.15, 0.2) is 10.9 Å². The number of nitrogens with zero attached hydrogens (tertiary/aromatic N) is 1. The van der Waals surface area contributed by atoms with Gasteiger partial charge in [-0.25, -0.2) is 4.98 Å². The number of nitrogens with one attached hydrogen (secondary N) is 1. The SMILES string of the molecule is CC(=O)CC(=O)Nc1nc(C)c(C(C)=O)s1. The highest BCUT2D eigenvalue weighted by Crippen LogP contribution is 2.22. The summed E-state index contributed by atoms with van der Waals surface area (Å²) in [6, 6.07) is 0. The summed E-state index contributed by atoms with van der Waals surface area (Å²) in [5.74, 6) is -0.698. The van der Waals surface area contributed by atoms with Gasteiger partial charge in [-0.15, -0.1) is 0 Å². The van der Waals surface area contributed by atoms with Crippen molar-refractivity contribution < 1.29 is 14.4 Å². The lowest BCUT2D eigenvalue weighted by atomic mass is 10.3. The van der Waals surface area contributed by atoms with Gasteiger partial charge in [0, 0.05) is 6.92 Å². The molecule has 1 aromatic rings. The van der Waals surface area contributed by atoms with Crippen molar-refractivity contribution in [2.75, 3.05) is 5.32 Å². The summed E-state index contributed by atoms with van der Waals surface area (Å²) in [6.45, 7) is 4.49. The Morgan fingerprint density at radius 2 is 1.94 bits per heavy atom. The first-order valence-corrected chi connectivity index (χ1v) is 5.49. The monoisotopic (exact) mass is 240 g/mol. The number of Topliss-reactive ketones (excluding diaryl/α,β-unsaturated/α-hetero) is 2. The molecule has 0 unspecified atom stereocenters. The molecule has 0 aromatic carbocycles. The number of thiazole rings is 1. The quantitative estimate of drug-likeness (QED) is 0.640. The molecule has 5 nitrogen and oxygen atoms in total. The normalized spacial score (nSPS) is 9.94. The van der Waals surface area contributed by atoms with Gasteiger partial charge in [0.1, 0.15) is 5.78 Å². The summed E-state index contributed by atoms with van der Waals surface area (Å²) < 4.78 is 0. The van der Waals surface area contributed by atoms with Crippen molar-refractivity contribution in [2.45, 2.75) is 27.2 Å². The molecule has 0 saturated heterocycles. The highest BCUT2D eigenvalue weighted by atomic mass is 32.1. The van der Waals surface area contributed by atoms with Crippen molar-refractivity contribution in [3.8, 4) is 0 Å². The summed E-state index contributed by atoms with van der Waals surface area (Å²) in [4.78, 5) is 37.7. The van der Waals surface area contributed by atoms with E-state index < -0.39 is 5.91 Å². The van der Waals surface area contributed by atoms with Crippen LogP contribution in [0.4, 0.5) is 5.13 Å². The fraction of sp³-hybridized carbons (Fsp3) is 0.400. The largest absolute Gasteiger partial charge is 0.302 e. The number of rotatable bonds is 4. The van der Waals surface area contributed by atoms with Crippen LogP contribution in [0.15, 0.2) is 0 Å². The van der Waals surface area contributed by atoms with Gasteiger partial charge >= 0.3 is 0 Å². The number of aryl methyl sites for hydroxylation is 1. The third kappa shape index (κ3) is 3.23. The standard InChI is InChI=1S/C10H12N2O3S/c1-5(13)4-8(15)12-10-11-6(2)9(16-10)7(3)14/h4H2,1-3H3,(H,11,12,15). The van der Waals surface area contributed by atoms with Crippen molar-refractivity contribution in [3.05, 3.63) is 10.6 Å². The highest BCUT2D eigenvalue weighted by molar-refractivity contribution is 7.17. The van der Waals surface area contributed by atoms with Crippen molar-refractivity contribution in [1.29, 1.82) is 0 Å². The van der Waals surface area contributed by atoms with E-state index in [9.17, 15) is 14.4 Å². The third-order valence-corrected chi connectivity index (χ3v) is 2.95. The second kappa shape index (κ2) is 4.98. The van der Waals surface area contributed by atoms with Gasteiger partial charge in [-0.05, 0) is 13.8 Å². The third-order valence-electron chi connectivity index (χ3n) is 1.77. The second-order valence-electron chi connectivity index (χ2n) is 3.42. The Kier molecular flexibility index (Phi) is 3.89. The summed E-state index contributed by atoms with van der Waals surface area (Å²) in [5, 5.41) is 2.84. The maximum Gasteiger partial charge on any atom is 0.233 e. The van der Waals surface area contributed by atoms with Crippen molar-refractivity contribution in [3.63, 3.8) is 0 Å². The van der Waals surface area contributed by atoms with Gasteiger partial charge in [0.25, 0.3) is 0 Å². The highest BCUT2D eigenvalue weighted by Gasteiger charge is 2.13. The molecule has 0 aliphatic rings. The Balaban J connectivity index is 2.75. The Morgan fingerprint density at radius 1 is 1.31 bits per heavy atom. The smallest absolute Gasteiger partial charge is 0.233 e. The molecule has 0 saturated carbocycles. The van der Waals surface area contributed by atoms with Gasteiger partial charge in [-0.1, -0.05) is 11.3 Å². The lowest BCUT2D eigenvalue weighted by molar-refractivity contribution is -0.124. The van der Waals surface area contributed by atoms with E-state index in [2.05, 4.69) is 10.3 Å². The molecule has 1 amide bonds. The second-order valence-corrected chi connectivity index (χ2v) is 4.42. The molecule has 86 valence electrons. The minimum Gasteiger partial charge on any atom is -0.302 e. The van der Waals surface area contributed by atoms with E-state index in [0.29, 0.717) is 15.7 Å². The maximum absolute atomic E-state index is 11.3. The zero-order chi connectivity index (χ0) is 12.3. The molecule has 1 rings (SSSR count). The van der Waals surface area contributed by atoms with Gasteiger partial charge in [0.05, 0.1) is 17.0 Å². The molecule has 16 heavy (non-hydrogen) atoms. The van der Waals surface area contributed by atoms with Crippen molar-refractivity contribution >= 4 is 33.9 Å². The van der Waals surface area contributed by atoms with E-state index in [1.807, 2.05) is 0 Å². The lowest BCUT2D eigenvalue weighted by Crippen LogP contribution is -2.14. The predicted molar refractivity (Wildman–Crippen MR) is 60.8 cm³/mol. The van der Waals surface area contributed by atoms with E-state index in [-0.39, 0.29) is 18.0 Å². The maximum atomic E-state index is 11.3. The topological polar surface area (TPSA) is 76.1 Å². The minimum absolute atomic E-state index is 0.0814. The van der Waals surface area contributed by atoms with E-state index in [1.54, 1.807) is 6.92 Å². The Labute approximate surface area is 96.9 Å². The van der Waals surface area contributed by atoms with Crippen LogP contribution in [0.1, 0.15) is 35.6 Å². The zero-order valence-electron chi connectivity index (χ0n) is 9.29. The van der Waals surface area contributed by atoms with Crippen LogP contribution in [0.5, 0.6) is 0 Å². The number of hydrogen-bond acceptors (Lipinski definition) is 5. The van der Waals surface area contributed by atoms with Crippen LogP contribution in [0.25, 0.3) is 0 Å². The molecule has 0 bridgehead atoms. The lowest BCUT2D eigenvalue weighted by Gasteiger charge is -1.97. The first kappa shape index (κ1) is 12.5. The average Bonchev–Trinajstić information content (AvgIpc) is 2.44. The van der Waals surface area contributed by atoms with E-state index in [4.69, 9.17) is 0 Å². The van der Waals surface area contributed by atoms with Crippen molar-refractivity contribution in [2.24, 2.45) is 0 Å². The number of carbonyl (C=O) groups excluding carboxylic acids is 3. The molecule has 1 N–H and O–H groups in total. The van der Waals surface area contributed by atoms with Crippen LogP contribution in [0.2, 0.25) is 0 Å². The molecule has 0 radical (unpaired) electrons. The summed E-state index contributed by atoms with van der Waals surface area (Å²) in [7, 11) is 0. The van der Waals surface area contributed by atoms with Gasteiger partial charge in [-0.3, -0.25) is 14.4 Å². The molecule has 6 heteroatoms. The molecule has 0 aliphatic heterocycles. The van der Waals surface area contributed by atoms with Crippen LogP contribution in [-0.2, 0) is 9.59 Å². The van der Waals surface area contributed by atoms with E-state index in [0.717, 1.165) is 11.3 Å². The minimum atomic E-state index is -0.406. The number of amides is 1. The Bertz CT molecular complexity index is 451. The Morgan fingerprint density at radius 3 is 2.38 bits per heavy atom.